The van der Waals surface area contributed by atoms with E-state index in [4.69, 9.17) is 0 Å². The molecule has 31 heavy (non-hydrogen) atoms. The fourth-order valence-corrected chi connectivity index (χ4v) is 6.66. The van der Waals surface area contributed by atoms with Gasteiger partial charge in [0.15, 0.2) is 0 Å². The number of rotatable bonds is 5. The van der Waals surface area contributed by atoms with Gasteiger partial charge in [-0.25, -0.2) is 0 Å². The summed E-state index contributed by atoms with van der Waals surface area (Å²) in [5.74, 6) is 0.321. The Bertz CT molecular complexity index is 920. The molecule has 1 aromatic heterocycles. The summed E-state index contributed by atoms with van der Waals surface area (Å²) in [6.45, 7) is 7.16. The number of aliphatic hydroxyl groups is 1. The van der Waals surface area contributed by atoms with Gasteiger partial charge in [-0.2, -0.15) is 0 Å². The minimum atomic E-state index is -0.749. The highest BCUT2D eigenvalue weighted by molar-refractivity contribution is 5.48. The third-order valence-electron chi connectivity index (χ3n) is 8.25. The molecule has 0 amide bonds. The number of nitrogens with zero attached hydrogens (tertiary/aromatic N) is 3. The first-order chi connectivity index (χ1) is 15.1. The van der Waals surface area contributed by atoms with Crippen molar-refractivity contribution in [1.82, 2.24) is 14.8 Å². The van der Waals surface area contributed by atoms with E-state index in [9.17, 15) is 10.2 Å². The number of piperidine rings is 1. The highest BCUT2D eigenvalue weighted by atomic mass is 16.3. The van der Waals surface area contributed by atoms with E-state index in [1.165, 1.54) is 11.1 Å². The predicted molar refractivity (Wildman–Crippen MR) is 122 cm³/mol. The Hall–Kier alpha value is -1.95. The molecule has 2 fully saturated rings. The molecule has 0 saturated carbocycles. The van der Waals surface area contributed by atoms with Crippen LogP contribution in [-0.2, 0) is 18.3 Å². The number of likely N-dealkylation sites (tertiary alicyclic amines) is 2. The summed E-state index contributed by atoms with van der Waals surface area (Å²) in [5, 5.41) is 22.7. The zero-order valence-corrected chi connectivity index (χ0v) is 18.6. The molecule has 3 unspecified atom stereocenters. The largest absolute Gasteiger partial charge is 0.508 e. The Morgan fingerprint density at radius 1 is 1.06 bits per heavy atom. The van der Waals surface area contributed by atoms with Crippen LogP contribution in [0.15, 0.2) is 42.6 Å². The monoisotopic (exact) mass is 421 g/mol. The van der Waals surface area contributed by atoms with Crippen molar-refractivity contribution in [2.24, 2.45) is 0 Å². The molecule has 2 N–H and O–H groups in total. The number of phenols is 1. The van der Waals surface area contributed by atoms with Crippen LogP contribution in [0.5, 0.6) is 5.75 Å². The standard InChI is InChI=1S/C26H35N3O2/c1-2-13-29-17-10-25-9-15-28(14-8-21-5-3-4-12-27-21)16-11-26(25,31)24(29)18-20-6-7-22(30)19-23(20)25/h3-7,12,19,24,30-31H,2,8-11,13-18H2,1H3. The van der Waals surface area contributed by atoms with Gasteiger partial charge in [-0.1, -0.05) is 19.1 Å². The van der Waals surface area contributed by atoms with Crippen LogP contribution in [0, 0.1) is 0 Å². The molecule has 166 valence electrons. The first kappa shape index (κ1) is 20.9. The fourth-order valence-electron chi connectivity index (χ4n) is 6.66. The summed E-state index contributed by atoms with van der Waals surface area (Å²) in [6.07, 6.45) is 7.48. The number of aromatic hydroxyl groups is 1. The number of pyridine rings is 1. The van der Waals surface area contributed by atoms with Gasteiger partial charge in [0, 0.05) is 42.9 Å². The van der Waals surface area contributed by atoms with Crippen molar-refractivity contribution in [2.45, 2.75) is 62.5 Å². The molecule has 3 aliphatic rings. The lowest BCUT2D eigenvalue weighted by molar-refractivity contribution is -0.148. The average molecular weight is 422 g/mol. The predicted octanol–water partition coefficient (Wildman–Crippen LogP) is 3.14. The summed E-state index contributed by atoms with van der Waals surface area (Å²) >= 11 is 0. The molecule has 2 aromatic rings. The minimum absolute atomic E-state index is 0.161. The van der Waals surface area contributed by atoms with Crippen LogP contribution in [0.4, 0.5) is 0 Å². The molecule has 1 aromatic carbocycles. The zero-order chi connectivity index (χ0) is 21.5. The Morgan fingerprint density at radius 2 is 1.90 bits per heavy atom. The first-order valence-electron chi connectivity index (χ1n) is 12.0. The summed E-state index contributed by atoms with van der Waals surface area (Å²) in [7, 11) is 0. The lowest BCUT2D eigenvalue weighted by Gasteiger charge is -2.61. The van der Waals surface area contributed by atoms with Gasteiger partial charge in [-0.05, 0) is 87.1 Å². The van der Waals surface area contributed by atoms with Gasteiger partial charge in [0.2, 0.25) is 0 Å². The second-order valence-corrected chi connectivity index (χ2v) is 9.77. The van der Waals surface area contributed by atoms with Crippen LogP contribution >= 0.6 is 0 Å². The second-order valence-electron chi connectivity index (χ2n) is 9.77. The normalized spacial score (nSPS) is 31.0. The average Bonchev–Trinajstić information content (AvgIpc) is 2.93. The van der Waals surface area contributed by atoms with E-state index in [0.29, 0.717) is 5.75 Å². The van der Waals surface area contributed by atoms with Gasteiger partial charge in [0.05, 0.1) is 5.60 Å². The first-order valence-corrected chi connectivity index (χ1v) is 12.0. The van der Waals surface area contributed by atoms with Crippen molar-refractivity contribution in [1.29, 1.82) is 0 Å². The number of aromatic nitrogens is 1. The summed E-state index contributed by atoms with van der Waals surface area (Å²) in [6, 6.07) is 12.1. The van der Waals surface area contributed by atoms with E-state index >= 15 is 0 Å². The van der Waals surface area contributed by atoms with Gasteiger partial charge in [-0.15, -0.1) is 0 Å². The van der Waals surface area contributed by atoms with Gasteiger partial charge in [0.25, 0.3) is 0 Å². The van der Waals surface area contributed by atoms with Crippen molar-refractivity contribution in [3.63, 3.8) is 0 Å². The molecule has 0 spiro atoms. The Labute approximate surface area is 185 Å². The molecule has 5 heteroatoms. The second kappa shape index (κ2) is 8.19. The van der Waals surface area contributed by atoms with E-state index < -0.39 is 5.60 Å². The van der Waals surface area contributed by atoms with Crippen LogP contribution in [-0.4, -0.2) is 69.4 Å². The topological polar surface area (TPSA) is 59.8 Å². The molecule has 0 radical (unpaired) electrons. The molecular weight excluding hydrogens is 386 g/mol. The molecule has 5 rings (SSSR count). The van der Waals surface area contributed by atoms with E-state index in [1.807, 2.05) is 24.4 Å². The number of benzene rings is 1. The number of phenolic OH excluding ortho intramolecular Hbond substituents is 1. The molecule has 2 bridgehead atoms. The Morgan fingerprint density at radius 3 is 2.71 bits per heavy atom. The molecule has 3 heterocycles. The van der Waals surface area contributed by atoms with Crippen LogP contribution in [0.2, 0.25) is 0 Å². The van der Waals surface area contributed by atoms with Gasteiger partial charge < -0.3 is 15.1 Å². The summed E-state index contributed by atoms with van der Waals surface area (Å²) in [4.78, 5) is 9.54. The zero-order valence-electron chi connectivity index (χ0n) is 18.6. The summed E-state index contributed by atoms with van der Waals surface area (Å²) in [5.41, 5.74) is 2.63. The van der Waals surface area contributed by atoms with Crippen LogP contribution in [0.25, 0.3) is 0 Å². The maximum atomic E-state index is 12.4. The Kier molecular flexibility index (Phi) is 5.53. The minimum Gasteiger partial charge on any atom is -0.508 e. The quantitative estimate of drug-likeness (QED) is 0.777. The lowest BCUT2D eigenvalue weighted by atomic mass is 9.52. The lowest BCUT2D eigenvalue weighted by Crippen LogP contribution is -2.71. The highest BCUT2D eigenvalue weighted by Crippen LogP contribution is 2.56. The van der Waals surface area contributed by atoms with Crippen LogP contribution in [0.1, 0.15) is 49.4 Å². The third kappa shape index (κ3) is 3.47. The van der Waals surface area contributed by atoms with Crippen LogP contribution < -0.4 is 0 Å². The van der Waals surface area contributed by atoms with Gasteiger partial charge in [0.1, 0.15) is 5.75 Å². The molecule has 5 nitrogen and oxygen atoms in total. The van der Waals surface area contributed by atoms with Crippen molar-refractivity contribution in [3.05, 3.63) is 59.4 Å². The molecule has 3 atom stereocenters. The van der Waals surface area contributed by atoms with Crippen molar-refractivity contribution in [2.75, 3.05) is 32.7 Å². The maximum absolute atomic E-state index is 12.4. The summed E-state index contributed by atoms with van der Waals surface area (Å²) < 4.78 is 0. The smallest absolute Gasteiger partial charge is 0.115 e. The van der Waals surface area contributed by atoms with Gasteiger partial charge >= 0.3 is 0 Å². The van der Waals surface area contributed by atoms with Crippen molar-refractivity contribution < 1.29 is 10.2 Å². The van der Waals surface area contributed by atoms with Crippen molar-refractivity contribution in [3.8, 4) is 5.75 Å². The molecular formula is C26H35N3O2. The SMILES string of the molecule is CCCN1CCC23CCN(CCc4ccccn4)CCC2(O)C1Cc1ccc(O)cc13. The van der Waals surface area contributed by atoms with Crippen LogP contribution in [0.3, 0.4) is 0 Å². The van der Waals surface area contributed by atoms with E-state index in [-0.39, 0.29) is 11.5 Å². The highest BCUT2D eigenvalue weighted by Gasteiger charge is 2.62. The molecule has 1 aliphatic carbocycles. The van der Waals surface area contributed by atoms with Gasteiger partial charge in [-0.3, -0.25) is 9.88 Å². The Balaban J connectivity index is 1.46. The maximum Gasteiger partial charge on any atom is 0.115 e. The van der Waals surface area contributed by atoms with E-state index in [2.05, 4.69) is 39.9 Å². The van der Waals surface area contributed by atoms with E-state index in [0.717, 1.165) is 76.9 Å². The number of fused-ring (bicyclic) bond motifs is 1. The van der Waals surface area contributed by atoms with E-state index in [1.54, 1.807) is 0 Å². The fraction of sp³-hybridized carbons (Fsp3) is 0.577. The number of hydrogen-bond acceptors (Lipinski definition) is 5. The molecule has 2 saturated heterocycles. The third-order valence-corrected chi connectivity index (χ3v) is 8.25. The molecule has 2 aliphatic heterocycles. The van der Waals surface area contributed by atoms with Crippen molar-refractivity contribution >= 4 is 0 Å². The number of hydrogen-bond donors (Lipinski definition) is 2.